The van der Waals surface area contributed by atoms with Crippen molar-refractivity contribution in [3.05, 3.63) is 0 Å². The molecule has 1 aliphatic rings. The second-order valence-electron chi connectivity index (χ2n) is 7.87. The lowest BCUT2D eigenvalue weighted by molar-refractivity contribution is 0.0509. The molecule has 1 amide bonds. The molecular formula is C18H36N2O2. The predicted molar refractivity (Wildman–Crippen MR) is 92.0 cm³/mol. The Hall–Kier alpha value is -0.770. The summed E-state index contributed by atoms with van der Waals surface area (Å²) in [4.78, 5) is 11.8. The van der Waals surface area contributed by atoms with E-state index in [9.17, 15) is 4.79 Å². The van der Waals surface area contributed by atoms with Crippen LogP contribution in [0.3, 0.4) is 0 Å². The van der Waals surface area contributed by atoms with E-state index in [0.717, 1.165) is 0 Å². The maximum absolute atomic E-state index is 11.8. The van der Waals surface area contributed by atoms with Gasteiger partial charge in [-0.2, -0.15) is 0 Å². The zero-order valence-corrected chi connectivity index (χ0v) is 15.4. The second-order valence-corrected chi connectivity index (χ2v) is 7.87. The molecule has 0 aromatic rings. The van der Waals surface area contributed by atoms with Crippen LogP contribution in [0.25, 0.3) is 0 Å². The van der Waals surface area contributed by atoms with E-state index >= 15 is 0 Å². The Balaban J connectivity index is 2.46. The Morgan fingerprint density at radius 1 is 1.23 bits per heavy atom. The van der Waals surface area contributed by atoms with Gasteiger partial charge < -0.3 is 15.4 Å². The van der Waals surface area contributed by atoms with Crippen LogP contribution in [0.4, 0.5) is 4.79 Å². The van der Waals surface area contributed by atoms with Gasteiger partial charge in [0.2, 0.25) is 0 Å². The van der Waals surface area contributed by atoms with E-state index in [1.165, 1.54) is 32.1 Å². The first kappa shape index (κ1) is 19.3. The van der Waals surface area contributed by atoms with Crippen LogP contribution in [0.15, 0.2) is 0 Å². The molecule has 4 nitrogen and oxygen atoms in total. The van der Waals surface area contributed by atoms with E-state index < -0.39 is 5.60 Å². The van der Waals surface area contributed by atoms with Crippen molar-refractivity contribution in [1.82, 2.24) is 10.6 Å². The average molecular weight is 312 g/mol. The van der Waals surface area contributed by atoms with Crippen molar-refractivity contribution < 1.29 is 9.53 Å². The molecule has 4 unspecified atom stereocenters. The van der Waals surface area contributed by atoms with Gasteiger partial charge in [0.1, 0.15) is 5.60 Å². The molecule has 0 saturated heterocycles. The Kier molecular flexibility index (Phi) is 7.67. The van der Waals surface area contributed by atoms with E-state index in [2.05, 4.69) is 31.4 Å². The van der Waals surface area contributed by atoms with Crippen molar-refractivity contribution in [2.75, 3.05) is 6.54 Å². The van der Waals surface area contributed by atoms with Gasteiger partial charge in [0.15, 0.2) is 0 Å². The Bertz CT molecular complexity index is 338. The maximum atomic E-state index is 11.8. The van der Waals surface area contributed by atoms with Crippen molar-refractivity contribution in [3.63, 3.8) is 0 Å². The number of carbonyl (C=O) groups is 1. The third-order valence-electron chi connectivity index (χ3n) is 4.79. The number of carbonyl (C=O) groups excluding carboxylic acids is 1. The third-order valence-corrected chi connectivity index (χ3v) is 4.79. The normalized spacial score (nSPS) is 25.4. The summed E-state index contributed by atoms with van der Waals surface area (Å²) in [5.41, 5.74) is -0.431. The fourth-order valence-corrected chi connectivity index (χ4v) is 3.06. The number of nitrogens with one attached hydrogen (secondary N) is 2. The maximum Gasteiger partial charge on any atom is 0.407 e. The zero-order valence-electron chi connectivity index (χ0n) is 15.4. The van der Waals surface area contributed by atoms with E-state index in [0.29, 0.717) is 30.5 Å². The first-order valence-electron chi connectivity index (χ1n) is 8.95. The zero-order chi connectivity index (χ0) is 16.8. The highest BCUT2D eigenvalue weighted by Crippen LogP contribution is 2.25. The van der Waals surface area contributed by atoms with Crippen molar-refractivity contribution in [3.8, 4) is 0 Å². The van der Waals surface area contributed by atoms with E-state index in [-0.39, 0.29) is 6.09 Å². The van der Waals surface area contributed by atoms with Crippen molar-refractivity contribution >= 4 is 6.09 Å². The topological polar surface area (TPSA) is 50.4 Å². The molecule has 1 aliphatic carbocycles. The molecule has 1 saturated carbocycles. The van der Waals surface area contributed by atoms with Gasteiger partial charge in [-0.25, -0.2) is 4.79 Å². The van der Waals surface area contributed by atoms with Gasteiger partial charge in [0, 0.05) is 18.6 Å². The van der Waals surface area contributed by atoms with Crippen molar-refractivity contribution in [1.29, 1.82) is 0 Å². The standard InChI is InChI=1S/C18H36N2O2/c1-7-13(2)14(3)20-16-11-9-8-10-15(16)12-19-17(21)22-18(4,5)6/h13-16,20H,7-12H2,1-6H3,(H,19,21). The monoisotopic (exact) mass is 312 g/mol. The molecule has 0 aromatic heterocycles. The average Bonchev–Trinajstić information content (AvgIpc) is 2.43. The quantitative estimate of drug-likeness (QED) is 0.776. The molecule has 0 spiro atoms. The van der Waals surface area contributed by atoms with Gasteiger partial charge >= 0.3 is 6.09 Å². The minimum Gasteiger partial charge on any atom is -0.444 e. The molecule has 0 heterocycles. The van der Waals surface area contributed by atoms with Gasteiger partial charge in [-0.05, 0) is 52.4 Å². The lowest BCUT2D eigenvalue weighted by Gasteiger charge is -2.36. The molecule has 0 aromatic carbocycles. The highest BCUT2D eigenvalue weighted by Gasteiger charge is 2.28. The summed E-state index contributed by atoms with van der Waals surface area (Å²) in [6.07, 6.45) is 5.83. The lowest BCUT2D eigenvalue weighted by Crippen LogP contribution is -2.49. The van der Waals surface area contributed by atoms with Gasteiger partial charge in [-0.3, -0.25) is 0 Å². The molecule has 0 aliphatic heterocycles. The van der Waals surface area contributed by atoms with Crippen LogP contribution >= 0.6 is 0 Å². The summed E-state index contributed by atoms with van der Waals surface area (Å²) < 4.78 is 5.33. The van der Waals surface area contributed by atoms with Crippen molar-refractivity contribution in [2.24, 2.45) is 11.8 Å². The SMILES string of the molecule is CCC(C)C(C)NC1CCCCC1CNC(=O)OC(C)(C)C. The summed E-state index contributed by atoms with van der Waals surface area (Å²) >= 11 is 0. The van der Waals surface area contributed by atoms with Crippen molar-refractivity contribution in [2.45, 2.75) is 91.3 Å². The number of hydrogen-bond donors (Lipinski definition) is 2. The minimum atomic E-state index is -0.431. The van der Waals surface area contributed by atoms with Gasteiger partial charge in [0.25, 0.3) is 0 Å². The molecule has 0 bridgehead atoms. The minimum absolute atomic E-state index is 0.299. The van der Waals surface area contributed by atoms with Crippen LogP contribution in [0.2, 0.25) is 0 Å². The fraction of sp³-hybridized carbons (Fsp3) is 0.944. The van der Waals surface area contributed by atoms with Crippen LogP contribution in [0, 0.1) is 11.8 Å². The summed E-state index contributed by atoms with van der Waals surface area (Å²) in [5, 5.41) is 6.75. The number of alkyl carbamates (subject to hydrolysis) is 1. The molecule has 130 valence electrons. The van der Waals surface area contributed by atoms with Crippen LogP contribution in [0.1, 0.15) is 73.6 Å². The van der Waals surface area contributed by atoms with Crippen LogP contribution < -0.4 is 10.6 Å². The largest absolute Gasteiger partial charge is 0.444 e. The second kappa shape index (κ2) is 8.76. The third kappa shape index (κ3) is 6.99. The van der Waals surface area contributed by atoms with Crippen LogP contribution in [0.5, 0.6) is 0 Å². The summed E-state index contributed by atoms with van der Waals surface area (Å²) in [7, 11) is 0. The van der Waals surface area contributed by atoms with E-state index in [4.69, 9.17) is 4.74 Å². The first-order chi connectivity index (χ1) is 10.2. The van der Waals surface area contributed by atoms with Crippen LogP contribution in [-0.2, 0) is 4.74 Å². The van der Waals surface area contributed by atoms with Gasteiger partial charge in [-0.15, -0.1) is 0 Å². The highest BCUT2D eigenvalue weighted by molar-refractivity contribution is 5.67. The summed E-state index contributed by atoms with van der Waals surface area (Å²) in [5.74, 6) is 1.19. The van der Waals surface area contributed by atoms with E-state index in [1.54, 1.807) is 0 Å². The number of rotatable bonds is 6. The van der Waals surface area contributed by atoms with Crippen LogP contribution in [-0.4, -0.2) is 30.3 Å². The molecule has 4 atom stereocenters. The number of ether oxygens (including phenoxy) is 1. The molecule has 4 heteroatoms. The first-order valence-corrected chi connectivity index (χ1v) is 8.95. The Labute approximate surface area is 136 Å². The molecular weight excluding hydrogens is 276 g/mol. The number of hydrogen-bond acceptors (Lipinski definition) is 3. The molecule has 0 radical (unpaired) electrons. The van der Waals surface area contributed by atoms with E-state index in [1.807, 2.05) is 20.8 Å². The lowest BCUT2D eigenvalue weighted by atomic mass is 9.83. The Morgan fingerprint density at radius 3 is 2.45 bits per heavy atom. The summed E-state index contributed by atoms with van der Waals surface area (Å²) in [6, 6.07) is 1.03. The Morgan fingerprint density at radius 2 is 1.86 bits per heavy atom. The molecule has 1 fully saturated rings. The smallest absolute Gasteiger partial charge is 0.407 e. The number of amides is 1. The van der Waals surface area contributed by atoms with Gasteiger partial charge in [-0.1, -0.05) is 33.1 Å². The molecule has 2 N–H and O–H groups in total. The highest BCUT2D eigenvalue weighted by atomic mass is 16.6. The fourth-order valence-electron chi connectivity index (χ4n) is 3.06. The predicted octanol–water partition coefficient (Wildman–Crippen LogP) is 4.09. The molecule has 22 heavy (non-hydrogen) atoms. The molecule has 1 rings (SSSR count). The summed E-state index contributed by atoms with van der Waals surface area (Å²) in [6.45, 7) is 13.2. The van der Waals surface area contributed by atoms with Gasteiger partial charge in [0.05, 0.1) is 0 Å².